The summed E-state index contributed by atoms with van der Waals surface area (Å²) in [4.78, 5) is 27.1. The summed E-state index contributed by atoms with van der Waals surface area (Å²) in [6.07, 6.45) is 2.52. The zero-order chi connectivity index (χ0) is 21.3. The number of nitrogens with two attached hydrogens (primary N) is 1. The first-order valence-corrected chi connectivity index (χ1v) is 10.8. The lowest BCUT2D eigenvalue weighted by molar-refractivity contribution is -0.132. The fourth-order valence-corrected chi connectivity index (χ4v) is 4.98. The summed E-state index contributed by atoms with van der Waals surface area (Å²) in [6, 6.07) is 13.8. The molecule has 2 amide bonds. The van der Waals surface area contributed by atoms with Crippen molar-refractivity contribution in [1.82, 2.24) is 4.90 Å². The van der Waals surface area contributed by atoms with Crippen molar-refractivity contribution in [1.29, 1.82) is 5.41 Å². The first-order valence-electron chi connectivity index (χ1n) is 9.95. The van der Waals surface area contributed by atoms with E-state index >= 15 is 0 Å². The van der Waals surface area contributed by atoms with Crippen LogP contribution in [0.5, 0.6) is 0 Å². The van der Waals surface area contributed by atoms with Gasteiger partial charge in [-0.1, -0.05) is 18.2 Å². The fourth-order valence-electron chi connectivity index (χ4n) is 3.89. The van der Waals surface area contributed by atoms with Gasteiger partial charge in [0.25, 0.3) is 0 Å². The Morgan fingerprint density at radius 1 is 1.20 bits per heavy atom. The van der Waals surface area contributed by atoms with Crippen LogP contribution >= 0.6 is 11.3 Å². The maximum Gasteiger partial charge on any atom is 0.227 e. The Bertz CT molecular complexity index is 1100. The zero-order valence-electron chi connectivity index (χ0n) is 16.8. The molecule has 0 unspecified atom stereocenters. The molecule has 2 heterocycles. The second-order valence-electron chi connectivity index (χ2n) is 7.59. The Balaban J connectivity index is 1.60. The van der Waals surface area contributed by atoms with Gasteiger partial charge in [0, 0.05) is 64.2 Å². The molecule has 1 aliphatic rings. The number of anilines is 2. The smallest absolute Gasteiger partial charge is 0.227 e. The van der Waals surface area contributed by atoms with Crippen LogP contribution in [0.3, 0.4) is 0 Å². The summed E-state index contributed by atoms with van der Waals surface area (Å²) < 4.78 is 1.16. The molecule has 1 saturated heterocycles. The van der Waals surface area contributed by atoms with Crippen LogP contribution < -0.4 is 11.1 Å². The molecule has 7 heteroatoms. The number of piperidine rings is 1. The maximum atomic E-state index is 12.8. The van der Waals surface area contributed by atoms with E-state index in [1.54, 1.807) is 29.2 Å². The molecule has 1 fully saturated rings. The predicted molar refractivity (Wildman–Crippen MR) is 123 cm³/mol. The number of nitrogens with one attached hydrogen (secondary N) is 2. The predicted octanol–water partition coefficient (Wildman–Crippen LogP) is 4.35. The second-order valence-corrected chi connectivity index (χ2v) is 8.67. The summed E-state index contributed by atoms with van der Waals surface area (Å²) in [5, 5.41) is 11.9. The molecule has 30 heavy (non-hydrogen) atoms. The standard InChI is InChI=1S/C23H24N4O2S/c1-14(28)27-8-6-15(7-9-27)23(29)26-18-10-17(13-24)22(25)19(12-18)21-11-16-4-2-3-5-20(16)30-21/h2-5,10-13,15,24H,6-9,25H2,1H3,(H,26,29). The van der Waals surface area contributed by atoms with Crippen molar-refractivity contribution in [3.8, 4) is 10.4 Å². The van der Waals surface area contributed by atoms with Gasteiger partial charge in [-0.2, -0.15) is 0 Å². The number of amides is 2. The fraction of sp³-hybridized carbons (Fsp3) is 0.261. The molecule has 4 rings (SSSR count). The van der Waals surface area contributed by atoms with E-state index in [0.717, 1.165) is 20.5 Å². The minimum atomic E-state index is -0.130. The molecule has 2 aromatic carbocycles. The van der Waals surface area contributed by atoms with Gasteiger partial charge < -0.3 is 21.4 Å². The van der Waals surface area contributed by atoms with E-state index < -0.39 is 0 Å². The van der Waals surface area contributed by atoms with Crippen molar-refractivity contribution in [2.24, 2.45) is 5.92 Å². The van der Waals surface area contributed by atoms with Crippen LogP contribution in [-0.2, 0) is 9.59 Å². The van der Waals surface area contributed by atoms with Crippen LogP contribution in [0.15, 0.2) is 42.5 Å². The van der Waals surface area contributed by atoms with Gasteiger partial charge in [-0.3, -0.25) is 9.59 Å². The summed E-state index contributed by atoms with van der Waals surface area (Å²) >= 11 is 1.64. The number of rotatable bonds is 4. The van der Waals surface area contributed by atoms with Gasteiger partial charge in [-0.15, -0.1) is 11.3 Å². The van der Waals surface area contributed by atoms with Crippen LogP contribution in [0, 0.1) is 11.3 Å². The van der Waals surface area contributed by atoms with Crippen molar-refractivity contribution in [2.75, 3.05) is 24.1 Å². The van der Waals surface area contributed by atoms with E-state index in [2.05, 4.69) is 23.5 Å². The molecule has 0 bridgehead atoms. The second kappa shape index (κ2) is 8.28. The van der Waals surface area contributed by atoms with Crippen LogP contribution in [-0.4, -0.2) is 36.0 Å². The number of likely N-dealkylation sites (tertiary alicyclic amines) is 1. The van der Waals surface area contributed by atoms with E-state index in [-0.39, 0.29) is 17.7 Å². The molecular formula is C23H24N4O2S. The van der Waals surface area contributed by atoms with Crippen LogP contribution in [0.4, 0.5) is 11.4 Å². The lowest BCUT2D eigenvalue weighted by Gasteiger charge is -2.30. The summed E-state index contributed by atoms with van der Waals surface area (Å²) in [5.74, 6) is -0.133. The number of thiophene rings is 1. The quantitative estimate of drug-likeness (QED) is 0.432. The zero-order valence-corrected chi connectivity index (χ0v) is 17.6. The SMILES string of the molecule is CC(=O)N1CCC(C(=O)Nc2cc(C=N)c(N)c(-c3cc4ccccc4s3)c2)CC1. The number of carbonyl (C=O) groups is 2. The summed E-state index contributed by atoms with van der Waals surface area (Å²) in [5.41, 5.74) is 8.90. The molecular weight excluding hydrogens is 396 g/mol. The molecule has 1 aliphatic heterocycles. The summed E-state index contributed by atoms with van der Waals surface area (Å²) in [7, 11) is 0. The largest absolute Gasteiger partial charge is 0.398 e. The average molecular weight is 421 g/mol. The van der Waals surface area contributed by atoms with Gasteiger partial charge in [-0.25, -0.2) is 0 Å². The number of hydrogen-bond donors (Lipinski definition) is 3. The number of carbonyl (C=O) groups excluding carboxylic acids is 2. The van der Waals surface area contributed by atoms with Crippen molar-refractivity contribution in [3.63, 3.8) is 0 Å². The van der Waals surface area contributed by atoms with Crippen molar-refractivity contribution in [3.05, 3.63) is 48.0 Å². The third-order valence-electron chi connectivity index (χ3n) is 5.64. The van der Waals surface area contributed by atoms with E-state index in [1.807, 2.05) is 18.2 Å². The minimum absolute atomic E-state index is 0.0518. The third kappa shape index (κ3) is 3.93. The third-order valence-corrected chi connectivity index (χ3v) is 6.79. The average Bonchev–Trinajstić information content (AvgIpc) is 3.18. The molecule has 1 aromatic heterocycles. The Labute approximate surface area is 179 Å². The highest BCUT2D eigenvalue weighted by Crippen LogP contribution is 2.39. The van der Waals surface area contributed by atoms with E-state index in [1.165, 1.54) is 6.21 Å². The van der Waals surface area contributed by atoms with Gasteiger partial charge in [0.15, 0.2) is 0 Å². The molecule has 0 radical (unpaired) electrons. The van der Waals surface area contributed by atoms with Gasteiger partial charge in [-0.05, 0) is 42.5 Å². The monoisotopic (exact) mass is 420 g/mol. The Kier molecular flexibility index (Phi) is 5.55. The Morgan fingerprint density at radius 3 is 2.60 bits per heavy atom. The molecule has 4 N–H and O–H groups in total. The lowest BCUT2D eigenvalue weighted by atomic mass is 9.95. The Hall–Kier alpha value is -3.19. The highest BCUT2D eigenvalue weighted by atomic mass is 32.1. The highest BCUT2D eigenvalue weighted by molar-refractivity contribution is 7.22. The van der Waals surface area contributed by atoms with Gasteiger partial charge in [0.1, 0.15) is 0 Å². The van der Waals surface area contributed by atoms with Crippen LogP contribution in [0.2, 0.25) is 0 Å². The maximum absolute atomic E-state index is 12.8. The van der Waals surface area contributed by atoms with Gasteiger partial charge in [0.2, 0.25) is 11.8 Å². The van der Waals surface area contributed by atoms with Crippen molar-refractivity contribution in [2.45, 2.75) is 19.8 Å². The molecule has 0 aliphatic carbocycles. The van der Waals surface area contributed by atoms with Gasteiger partial charge in [0.05, 0.1) is 0 Å². The number of fused-ring (bicyclic) bond motifs is 1. The molecule has 3 aromatic rings. The molecule has 6 nitrogen and oxygen atoms in total. The molecule has 154 valence electrons. The van der Waals surface area contributed by atoms with Gasteiger partial charge >= 0.3 is 0 Å². The van der Waals surface area contributed by atoms with E-state index in [4.69, 9.17) is 11.1 Å². The summed E-state index contributed by atoms with van der Waals surface area (Å²) in [6.45, 7) is 2.77. The van der Waals surface area contributed by atoms with Crippen molar-refractivity contribution >= 4 is 50.8 Å². The van der Waals surface area contributed by atoms with E-state index in [0.29, 0.717) is 42.9 Å². The first kappa shape index (κ1) is 20.1. The van der Waals surface area contributed by atoms with Crippen molar-refractivity contribution < 1.29 is 9.59 Å². The number of benzene rings is 2. The van der Waals surface area contributed by atoms with Crippen LogP contribution in [0.25, 0.3) is 20.5 Å². The molecule has 0 saturated carbocycles. The highest BCUT2D eigenvalue weighted by Gasteiger charge is 2.26. The number of nitrogen functional groups attached to an aromatic ring is 1. The van der Waals surface area contributed by atoms with Crippen LogP contribution in [0.1, 0.15) is 25.3 Å². The number of nitrogens with zero attached hydrogens (tertiary/aromatic N) is 1. The normalized spacial score (nSPS) is 14.6. The topological polar surface area (TPSA) is 99.3 Å². The minimum Gasteiger partial charge on any atom is -0.398 e. The Morgan fingerprint density at radius 2 is 1.93 bits per heavy atom. The van der Waals surface area contributed by atoms with E-state index in [9.17, 15) is 9.59 Å². The lowest BCUT2D eigenvalue weighted by Crippen LogP contribution is -2.40. The number of hydrogen-bond acceptors (Lipinski definition) is 5. The molecule has 0 atom stereocenters. The molecule has 0 spiro atoms. The first-order chi connectivity index (χ1) is 14.5.